The van der Waals surface area contributed by atoms with E-state index < -0.39 is 0 Å². The summed E-state index contributed by atoms with van der Waals surface area (Å²) in [7, 11) is 0. The minimum Gasteiger partial charge on any atom is -0.300 e. The van der Waals surface area contributed by atoms with Gasteiger partial charge in [0.1, 0.15) is 5.78 Å². The average Bonchev–Trinajstić information content (AvgIpc) is 3.69. The van der Waals surface area contributed by atoms with Crippen LogP contribution >= 0.6 is 0 Å². The zero-order chi connectivity index (χ0) is 40.3. The van der Waals surface area contributed by atoms with E-state index in [4.69, 9.17) is 0 Å². The lowest BCUT2D eigenvalue weighted by atomic mass is 9.76. The summed E-state index contributed by atoms with van der Waals surface area (Å²) in [6.07, 6.45) is 77.0. The van der Waals surface area contributed by atoms with Crippen LogP contribution in [0.4, 0.5) is 0 Å². The van der Waals surface area contributed by atoms with Gasteiger partial charge in [-0.1, -0.05) is 302 Å². The van der Waals surface area contributed by atoms with E-state index in [9.17, 15) is 4.79 Å². The summed E-state index contributed by atoms with van der Waals surface area (Å²) >= 11 is 0. The summed E-state index contributed by atoms with van der Waals surface area (Å²) in [5, 5.41) is 0. The Morgan fingerprint density at radius 1 is 0.175 bits per heavy atom. The Balaban J connectivity index is 1.51. The average molecular weight is 797 g/mol. The number of hydrogen-bond acceptors (Lipinski definition) is 1. The molecule has 1 heteroatoms. The summed E-state index contributed by atoms with van der Waals surface area (Å²) in [5.41, 5.74) is 0.525. The third-order valence-corrected chi connectivity index (χ3v) is 15.0. The second kappa shape index (κ2) is 42.4. The van der Waals surface area contributed by atoms with Crippen LogP contribution < -0.4 is 0 Å². The van der Waals surface area contributed by atoms with Crippen molar-refractivity contribution in [3.63, 3.8) is 0 Å². The SMILES string of the molecule is O=C1CCCCCCCCCCCCCCCCCCCCCCCCCCCCCCCCCCCCCCCCCCCCCCCCC2(CCCC2)CC1. The van der Waals surface area contributed by atoms with Gasteiger partial charge in [0, 0.05) is 12.8 Å². The second-order valence-corrected chi connectivity index (χ2v) is 20.5. The first-order chi connectivity index (χ1) is 28.3. The maximum atomic E-state index is 12.8. The fourth-order valence-corrected chi connectivity index (χ4v) is 10.9. The van der Waals surface area contributed by atoms with Crippen molar-refractivity contribution in [3.8, 4) is 0 Å². The minimum atomic E-state index is 0.525. The molecule has 1 spiro atoms. The van der Waals surface area contributed by atoms with Crippen molar-refractivity contribution in [3.05, 3.63) is 0 Å². The Morgan fingerprint density at radius 3 is 0.544 bits per heavy atom. The van der Waals surface area contributed by atoms with Gasteiger partial charge in [0.25, 0.3) is 0 Å². The van der Waals surface area contributed by atoms with E-state index in [1.807, 2.05) is 0 Å². The molecule has 2 aliphatic rings. The Labute approximate surface area is 361 Å². The monoisotopic (exact) mass is 797 g/mol. The van der Waals surface area contributed by atoms with E-state index in [0.717, 1.165) is 19.3 Å². The van der Waals surface area contributed by atoms with Crippen molar-refractivity contribution in [2.75, 3.05) is 0 Å². The van der Waals surface area contributed by atoms with E-state index in [1.165, 1.54) is 327 Å². The van der Waals surface area contributed by atoms with Crippen molar-refractivity contribution in [2.45, 2.75) is 347 Å². The molecular formula is C56H108O. The fourth-order valence-electron chi connectivity index (χ4n) is 10.9. The van der Waals surface area contributed by atoms with Crippen LogP contribution in [0.3, 0.4) is 0 Å². The van der Waals surface area contributed by atoms with Crippen LogP contribution in [0, 0.1) is 5.41 Å². The first-order valence-corrected chi connectivity index (χ1v) is 27.8. The number of rotatable bonds is 0. The van der Waals surface area contributed by atoms with E-state index in [0.29, 0.717) is 11.2 Å². The summed E-state index contributed by atoms with van der Waals surface area (Å²) in [4.78, 5) is 12.8. The van der Waals surface area contributed by atoms with Crippen LogP contribution in [-0.2, 0) is 4.79 Å². The molecule has 0 bridgehead atoms. The first kappa shape index (κ1) is 52.8. The van der Waals surface area contributed by atoms with Gasteiger partial charge in [-0.2, -0.15) is 0 Å². The maximum Gasteiger partial charge on any atom is 0.132 e. The zero-order valence-corrected chi connectivity index (χ0v) is 39.6. The van der Waals surface area contributed by atoms with Crippen LogP contribution in [0.15, 0.2) is 0 Å². The van der Waals surface area contributed by atoms with Crippen LogP contribution in [0.5, 0.6) is 0 Å². The molecule has 0 aromatic heterocycles. The highest BCUT2D eigenvalue weighted by atomic mass is 16.1. The topological polar surface area (TPSA) is 17.1 Å². The number of ketones is 1. The predicted octanol–water partition coefficient (Wildman–Crippen LogP) is 20.6. The third kappa shape index (κ3) is 36.1. The molecule has 0 aliphatic heterocycles. The summed E-state index contributed by atoms with van der Waals surface area (Å²) in [6.45, 7) is 0. The normalized spacial score (nSPS) is 25.1. The molecule has 0 N–H and O–H groups in total. The van der Waals surface area contributed by atoms with E-state index in [2.05, 4.69) is 0 Å². The molecule has 0 saturated heterocycles. The molecule has 0 amide bonds. The number of hydrogen-bond donors (Lipinski definition) is 0. The minimum absolute atomic E-state index is 0.525. The van der Waals surface area contributed by atoms with Gasteiger partial charge < -0.3 is 0 Å². The van der Waals surface area contributed by atoms with E-state index in [1.54, 1.807) is 0 Å². The van der Waals surface area contributed by atoms with Crippen molar-refractivity contribution in [1.29, 1.82) is 0 Å². The number of carbonyl (C=O) groups excluding carboxylic acids is 1. The maximum absolute atomic E-state index is 12.8. The lowest BCUT2D eigenvalue weighted by Crippen LogP contribution is -2.18. The molecule has 0 heterocycles. The van der Waals surface area contributed by atoms with E-state index in [-0.39, 0.29) is 0 Å². The standard InChI is InChI=1S/C56H108O/c57-55-49-45-43-41-39-37-35-33-31-29-27-25-23-21-19-17-15-13-11-9-7-5-3-1-2-4-6-8-10-12-14-16-18-20-22-24-26-28-30-32-34-36-38-40-42-44-46-51-56(54-50-55)52-47-48-53-56/h1-54H2. The molecule has 0 unspecified atom stereocenters. The fraction of sp³-hybridized carbons (Fsp3) is 0.982. The molecular weight excluding hydrogens is 689 g/mol. The molecule has 0 atom stereocenters. The molecule has 57 heavy (non-hydrogen) atoms. The molecule has 338 valence electrons. The van der Waals surface area contributed by atoms with Crippen LogP contribution in [0.25, 0.3) is 0 Å². The number of carbonyl (C=O) groups is 1. The summed E-state index contributed by atoms with van der Waals surface area (Å²) < 4.78 is 0. The predicted molar refractivity (Wildman–Crippen MR) is 257 cm³/mol. The zero-order valence-electron chi connectivity index (χ0n) is 39.6. The summed E-state index contributed by atoms with van der Waals surface area (Å²) in [6, 6.07) is 0. The first-order valence-electron chi connectivity index (χ1n) is 27.8. The van der Waals surface area contributed by atoms with Gasteiger partial charge in [-0.15, -0.1) is 0 Å². The van der Waals surface area contributed by atoms with Crippen LogP contribution in [0.1, 0.15) is 347 Å². The Morgan fingerprint density at radius 2 is 0.333 bits per heavy atom. The molecule has 2 aliphatic carbocycles. The quantitative estimate of drug-likeness (QED) is 0.239. The second-order valence-electron chi connectivity index (χ2n) is 20.5. The number of Topliss-reactive ketones (excluding diaryl/α,β-unsaturated/α-hetero) is 1. The molecule has 0 aromatic rings. The van der Waals surface area contributed by atoms with Crippen molar-refractivity contribution < 1.29 is 4.79 Å². The highest BCUT2D eigenvalue weighted by molar-refractivity contribution is 5.78. The molecule has 2 saturated carbocycles. The van der Waals surface area contributed by atoms with Gasteiger partial charge in [0.05, 0.1) is 0 Å². The Bertz CT molecular complexity index is 793. The van der Waals surface area contributed by atoms with Crippen LogP contribution in [-0.4, -0.2) is 5.78 Å². The van der Waals surface area contributed by atoms with Crippen molar-refractivity contribution in [1.82, 2.24) is 0 Å². The molecule has 0 aromatic carbocycles. The Hall–Kier alpha value is -0.330. The third-order valence-electron chi connectivity index (χ3n) is 15.0. The van der Waals surface area contributed by atoms with Crippen molar-refractivity contribution in [2.24, 2.45) is 5.41 Å². The molecule has 2 rings (SSSR count). The highest BCUT2D eigenvalue weighted by Crippen LogP contribution is 2.46. The van der Waals surface area contributed by atoms with Gasteiger partial charge >= 0.3 is 0 Å². The van der Waals surface area contributed by atoms with Crippen molar-refractivity contribution >= 4 is 5.78 Å². The van der Waals surface area contributed by atoms with E-state index >= 15 is 0 Å². The molecule has 2 fully saturated rings. The lowest BCUT2D eigenvalue weighted by Gasteiger charge is -2.29. The molecule has 1 nitrogen and oxygen atoms in total. The molecule has 0 radical (unpaired) electrons. The highest BCUT2D eigenvalue weighted by Gasteiger charge is 2.33. The van der Waals surface area contributed by atoms with Gasteiger partial charge in [0.15, 0.2) is 0 Å². The van der Waals surface area contributed by atoms with Crippen LogP contribution in [0.2, 0.25) is 0 Å². The smallest absolute Gasteiger partial charge is 0.132 e. The largest absolute Gasteiger partial charge is 0.300 e. The summed E-state index contributed by atoms with van der Waals surface area (Å²) in [5.74, 6) is 0.574. The van der Waals surface area contributed by atoms with Gasteiger partial charge in [-0.3, -0.25) is 4.79 Å². The van der Waals surface area contributed by atoms with Gasteiger partial charge in [-0.05, 0) is 37.5 Å². The van der Waals surface area contributed by atoms with Gasteiger partial charge in [0.2, 0.25) is 0 Å². The van der Waals surface area contributed by atoms with Gasteiger partial charge in [-0.25, -0.2) is 0 Å². The lowest BCUT2D eigenvalue weighted by molar-refractivity contribution is -0.119. The Kier molecular flexibility index (Phi) is 39.2.